The van der Waals surface area contributed by atoms with Crippen LogP contribution in [-0.4, -0.2) is 26.5 Å². The molecule has 1 atom stereocenters. The first-order valence-electron chi connectivity index (χ1n) is 10.3. The number of benzene rings is 2. The van der Waals surface area contributed by atoms with Crippen molar-refractivity contribution in [1.82, 2.24) is 9.71 Å². The molecule has 0 bridgehead atoms. The van der Waals surface area contributed by atoms with Gasteiger partial charge < -0.3 is 10.1 Å². The highest BCUT2D eigenvalue weighted by Gasteiger charge is 2.26. The average molecular weight is 472 g/mol. The van der Waals surface area contributed by atoms with E-state index < -0.39 is 27.1 Å². The number of carbonyl (C=O) groups excluding carboxylic acids is 1. The Morgan fingerprint density at radius 2 is 1.76 bits per heavy atom. The lowest BCUT2D eigenvalue weighted by Gasteiger charge is -2.20. The zero-order valence-corrected chi connectivity index (χ0v) is 19.6. The second-order valence-electron chi connectivity index (χ2n) is 7.81. The molecule has 2 N–H and O–H groups in total. The second-order valence-corrected chi connectivity index (χ2v) is 9.81. The summed E-state index contributed by atoms with van der Waals surface area (Å²) in [5.41, 5.74) is 2.30. The molecule has 9 heteroatoms. The van der Waals surface area contributed by atoms with Crippen LogP contribution in [0.4, 0.5) is 14.9 Å². The molecule has 3 rings (SSSR count). The fraction of sp³-hybridized carbons (Fsp3) is 0.250. The first kappa shape index (κ1) is 24.2. The lowest BCUT2D eigenvalue weighted by atomic mass is 9.94. The third kappa shape index (κ3) is 5.67. The Morgan fingerprint density at radius 1 is 1.06 bits per heavy atom. The zero-order chi connectivity index (χ0) is 24.2. The molecule has 174 valence electrons. The Hall–Kier alpha value is -3.46. The fourth-order valence-corrected chi connectivity index (χ4v) is 4.40. The number of urea groups is 1. The minimum atomic E-state index is -4.03. The Labute approximate surface area is 193 Å². The van der Waals surface area contributed by atoms with E-state index in [0.717, 1.165) is 0 Å². The number of nitrogens with zero attached hydrogens (tertiary/aromatic N) is 1. The van der Waals surface area contributed by atoms with Gasteiger partial charge in [-0.1, -0.05) is 44.2 Å². The van der Waals surface area contributed by atoms with Gasteiger partial charge in [-0.05, 0) is 47.7 Å². The number of amides is 2. The number of rotatable bonds is 7. The molecule has 1 aromatic heterocycles. The molecule has 0 saturated carbocycles. The number of nitrogens with one attached hydrogen (secondary N) is 2. The summed E-state index contributed by atoms with van der Waals surface area (Å²) in [7, 11) is -2.57. The molecule has 0 aliphatic rings. The number of ether oxygens (including phenoxy) is 1. The van der Waals surface area contributed by atoms with E-state index in [-0.39, 0.29) is 5.92 Å². The van der Waals surface area contributed by atoms with Gasteiger partial charge in [0.05, 0.1) is 12.8 Å². The molecule has 0 radical (unpaired) electrons. The van der Waals surface area contributed by atoms with Crippen LogP contribution in [0, 0.1) is 5.82 Å². The number of anilines is 1. The molecule has 0 saturated heterocycles. The first-order valence-corrected chi connectivity index (χ1v) is 11.9. The number of aromatic nitrogens is 1. The van der Waals surface area contributed by atoms with Crippen LogP contribution in [0.15, 0.2) is 60.8 Å². The zero-order valence-electron chi connectivity index (χ0n) is 18.8. The van der Waals surface area contributed by atoms with Gasteiger partial charge in [0.15, 0.2) is 0 Å². The molecule has 0 spiro atoms. The van der Waals surface area contributed by atoms with Crippen LogP contribution >= 0.6 is 0 Å². The van der Waals surface area contributed by atoms with Crippen LogP contribution in [-0.2, 0) is 10.0 Å². The van der Waals surface area contributed by atoms with E-state index in [4.69, 9.17) is 4.74 Å². The number of pyridine rings is 1. The minimum Gasteiger partial charge on any atom is -0.481 e. The van der Waals surface area contributed by atoms with Gasteiger partial charge in [-0.2, -0.15) is 0 Å². The maximum absolute atomic E-state index is 14.5. The Morgan fingerprint density at radius 3 is 2.39 bits per heavy atom. The van der Waals surface area contributed by atoms with Crippen molar-refractivity contribution in [2.45, 2.75) is 31.9 Å². The monoisotopic (exact) mass is 471 g/mol. The second kappa shape index (κ2) is 9.99. The molecular weight excluding hydrogens is 445 g/mol. The highest BCUT2D eigenvalue weighted by atomic mass is 32.2. The van der Waals surface area contributed by atoms with Crippen molar-refractivity contribution in [1.29, 1.82) is 0 Å². The van der Waals surface area contributed by atoms with E-state index in [0.29, 0.717) is 33.8 Å². The van der Waals surface area contributed by atoms with Crippen molar-refractivity contribution in [2.24, 2.45) is 0 Å². The lowest BCUT2D eigenvalue weighted by molar-refractivity contribution is 0.256. The topological polar surface area (TPSA) is 97.4 Å². The maximum Gasteiger partial charge on any atom is 0.332 e. The highest BCUT2D eigenvalue weighted by Crippen LogP contribution is 2.37. The Kier molecular flexibility index (Phi) is 7.33. The van der Waals surface area contributed by atoms with Gasteiger partial charge in [-0.25, -0.2) is 27.3 Å². The molecular formula is C24H26FN3O4S. The van der Waals surface area contributed by atoms with Gasteiger partial charge >= 0.3 is 6.03 Å². The summed E-state index contributed by atoms with van der Waals surface area (Å²) >= 11 is 0. The number of methoxy groups -OCH3 is 1. The average Bonchev–Trinajstić information content (AvgIpc) is 2.79. The standard InChI is InChI=1S/C24H26FN3O4S/c1-15(2)20-13-19(25)14-21(18-10-11-26-22(12-18)32-4)23(20)27-24(29)28-33(30,31)16(3)17-8-6-5-7-9-17/h5-16H,1-4H3,(H2,27,28,29). The molecule has 0 aliphatic carbocycles. The SMILES string of the molecule is COc1cc(-c2cc(F)cc(C(C)C)c2NC(=O)NS(=O)(=O)C(C)c2ccccc2)ccn1. The summed E-state index contributed by atoms with van der Waals surface area (Å²) in [5.74, 6) is -0.323. The Balaban J connectivity index is 1.97. The predicted octanol–water partition coefficient (Wildman–Crippen LogP) is 5.23. The van der Waals surface area contributed by atoms with Crippen LogP contribution in [0.25, 0.3) is 11.1 Å². The molecule has 33 heavy (non-hydrogen) atoms. The van der Waals surface area contributed by atoms with E-state index in [2.05, 4.69) is 15.0 Å². The molecule has 2 aromatic carbocycles. The van der Waals surface area contributed by atoms with Gasteiger partial charge in [-0.15, -0.1) is 0 Å². The van der Waals surface area contributed by atoms with Gasteiger partial charge in [0.2, 0.25) is 15.9 Å². The van der Waals surface area contributed by atoms with Crippen molar-refractivity contribution < 1.29 is 22.3 Å². The summed E-state index contributed by atoms with van der Waals surface area (Å²) in [5, 5.41) is 1.68. The third-order valence-electron chi connectivity index (χ3n) is 5.22. The fourth-order valence-electron chi connectivity index (χ4n) is 3.40. The van der Waals surface area contributed by atoms with Crippen LogP contribution in [0.2, 0.25) is 0 Å². The molecule has 1 heterocycles. The highest BCUT2D eigenvalue weighted by molar-refractivity contribution is 7.90. The number of hydrogen-bond acceptors (Lipinski definition) is 5. The van der Waals surface area contributed by atoms with E-state index in [1.54, 1.807) is 42.5 Å². The molecule has 1 unspecified atom stereocenters. The molecule has 0 fully saturated rings. The van der Waals surface area contributed by atoms with Gasteiger partial charge in [0.25, 0.3) is 0 Å². The van der Waals surface area contributed by atoms with E-state index in [1.807, 2.05) is 13.8 Å². The van der Waals surface area contributed by atoms with Crippen molar-refractivity contribution >= 4 is 21.7 Å². The third-order valence-corrected chi connectivity index (χ3v) is 6.89. The van der Waals surface area contributed by atoms with Gasteiger partial charge in [-0.3, -0.25) is 0 Å². The summed E-state index contributed by atoms with van der Waals surface area (Å²) < 4.78 is 47.3. The van der Waals surface area contributed by atoms with Crippen molar-refractivity contribution in [3.63, 3.8) is 0 Å². The number of halogens is 1. The molecule has 2 amide bonds. The Bertz CT molecular complexity index is 1250. The molecule has 7 nitrogen and oxygen atoms in total. The number of sulfonamides is 1. The van der Waals surface area contributed by atoms with Crippen LogP contribution in [0.1, 0.15) is 43.1 Å². The van der Waals surface area contributed by atoms with E-state index in [1.165, 1.54) is 32.4 Å². The number of carbonyl (C=O) groups is 1. The van der Waals surface area contributed by atoms with E-state index in [9.17, 15) is 17.6 Å². The molecule has 3 aromatic rings. The van der Waals surface area contributed by atoms with Crippen LogP contribution < -0.4 is 14.8 Å². The van der Waals surface area contributed by atoms with Crippen LogP contribution in [0.3, 0.4) is 0 Å². The summed E-state index contributed by atoms with van der Waals surface area (Å²) in [4.78, 5) is 16.9. The van der Waals surface area contributed by atoms with Crippen LogP contribution in [0.5, 0.6) is 5.88 Å². The first-order chi connectivity index (χ1) is 15.6. The van der Waals surface area contributed by atoms with Crippen molar-refractivity contribution in [3.8, 4) is 17.0 Å². The minimum absolute atomic E-state index is 0.154. The van der Waals surface area contributed by atoms with Gasteiger partial charge in [0.1, 0.15) is 11.1 Å². The van der Waals surface area contributed by atoms with Crippen molar-refractivity contribution in [3.05, 3.63) is 77.7 Å². The van der Waals surface area contributed by atoms with E-state index >= 15 is 0 Å². The summed E-state index contributed by atoms with van der Waals surface area (Å²) in [6.07, 6.45) is 1.50. The summed E-state index contributed by atoms with van der Waals surface area (Å²) in [6.45, 7) is 5.20. The summed E-state index contributed by atoms with van der Waals surface area (Å²) in [6, 6.07) is 13.5. The lowest BCUT2D eigenvalue weighted by Crippen LogP contribution is -2.37. The smallest absolute Gasteiger partial charge is 0.332 e. The van der Waals surface area contributed by atoms with Crippen molar-refractivity contribution in [2.75, 3.05) is 12.4 Å². The number of hydrogen-bond donors (Lipinski definition) is 2. The predicted molar refractivity (Wildman–Crippen MR) is 126 cm³/mol. The largest absolute Gasteiger partial charge is 0.481 e. The van der Waals surface area contributed by atoms with Gasteiger partial charge in [0, 0.05) is 17.8 Å². The normalized spacial score (nSPS) is 12.3. The quantitative estimate of drug-likeness (QED) is 0.492. The molecule has 0 aliphatic heterocycles. The maximum atomic E-state index is 14.5.